The lowest BCUT2D eigenvalue weighted by Gasteiger charge is -2.25. The van der Waals surface area contributed by atoms with Crippen molar-refractivity contribution in [2.45, 2.75) is 26.2 Å². The van der Waals surface area contributed by atoms with Crippen LogP contribution in [-0.4, -0.2) is 38.0 Å². The second-order valence-corrected chi connectivity index (χ2v) is 5.46. The highest BCUT2D eigenvalue weighted by Gasteiger charge is 2.21. The van der Waals surface area contributed by atoms with Crippen LogP contribution in [0.5, 0.6) is 0 Å². The van der Waals surface area contributed by atoms with E-state index >= 15 is 0 Å². The van der Waals surface area contributed by atoms with E-state index in [2.05, 4.69) is 24.2 Å². The summed E-state index contributed by atoms with van der Waals surface area (Å²) in [7, 11) is 3.91. The Balaban J connectivity index is 2.87. The lowest BCUT2D eigenvalue weighted by molar-refractivity contribution is 0.516. The molecule has 0 aliphatic rings. The summed E-state index contributed by atoms with van der Waals surface area (Å²) in [5.41, 5.74) is 0.768. The molecule has 0 atom stereocenters. The van der Waals surface area contributed by atoms with E-state index in [0.717, 1.165) is 18.1 Å². The molecule has 0 heterocycles. The monoisotopic (exact) mass is 265 g/mol. The van der Waals surface area contributed by atoms with Gasteiger partial charge in [-0.25, -0.2) is 4.39 Å². The van der Waals surface area contributed by atoms with Gasteiger partial charge >= 0.3 is 0 Å². The van der Waals surface area contributed by atoms with Gasteiger partial charge in [0.25, 0.3) is 0 Å². The SMILES string of the molecule is CCNC(=NCC(C)(C)c1cccc(F)c1)N(C)C. The van der Waals surface area contributed by atoms with Gasteiger partial charge in [0.15, 0.2) is 5.96 Å². The number of guanidine groups is 1. The van der Waals surface area contributed by atoms with Crippen molar-refractivity contribution in [2.75, 3.05) is 27.2 Å². The lowest BCUT2D eigenvalue weighted by Crippen LogP contribution is -2.37. The number of nitrogens with one attached hydrogen (secondary N) is 1. The van der Waals surface area contributed by atoms with Crippen LogP contribution < -0.4 is 5.32 Å². The summed E-state index contributed by atoms with van der Waals surface area (Å²) >= 11 is 0. The van der Waals surface area contributed by atoms with Crippen molar-refractivity contribution in [3.05, 3.63) is 35.6 Å². The Morgan fingerprint density at radius 3 is 2.58 bits per heavy atom. The molecule has 4 heteroatoms. The summed E-state index contributed by atoms with van der Waals surface area (Å²) in [6.45, 7) is 7.63. The van der Waals surface area contributed by atoms with E-state index < -0.39 is 0 Å². The van der Waals surface area contributed by atoms with Crippen LogP contribution in [0.25, 0.3) is 0 Å². The molecule has 0 amide bonds. The molecule has 0 fully saturated rings. The Kier molecular flexibility index (Phi) is 5.33. The molecule has 1 rings (SSSR count). The number of nitrogens with zero attached hydrogens (tertiary/aromatic N) is 2. The topological polar surface area (TPSA) is 27.6 Å². The quantitative estimate of drug-likeness (QED) is 0.669. The molecule has 0 bridgehead atoms. The Morgan fingerprint density at radius 1 is 1.37 bits per heavy atom. The molecule has 0 aliphatic heterocycles. The molecule has 1 N–H and O–H groups in total. The minimum Gasteiger partial charge on any atom is -0.357 e. The predicted molar refractivity (Wildman–Crippen MR) is 79.1 cm³/mol. The zero-order valence-corrected chi connectivity index (χ0v) is 12.5. The molecule has 0 radical (unpaired) electrons. The van der Waals surface area contributed by atoms with E-state index in [-0.39, 0.29) is 11.2 Å². The van der Waals surface area contributed by atoms with Crippen molar-refractivity contribution in [2.24, 2.45) is 4.99 Å². The van der Waals surface area contributed by atoms with Gasteiger partial charge in [-0.05, 0) is 24.6 Å². The Labute approximate surface area is 115 Å². The van der Waals surface area contributed by atoms with Crippen molar-refractivity contribution < 1.29 is 4.39 Å². The number of rotatable bonds is 4. The molecule has 1 aromatic rings. The Bertz CT molecular complexity index is 439. The van der Waals surface area contributed by atoms with E-state index in [4.69, 9.17) is 0 Å². The fourth-order valence-corrected chi connectivity index (χ4v) is 1.79. The number of hydrogen-bond donors (Lipinski definition) is 1. The van der Waals surface area contributed by atoms with Gasteiger partial charge in [-0.15, -0.1) is 0 Å². The van der Waals surface area contributed by atoms with E-state index in [9.17, 15) is 4.39 Å². The summed E-state index contributed by atoms with van der Waals surface area (Å²) in [5.74, 6) is 0.654. The number of halogens is 1. The highest BCUT2D eigenvalue weighted by molar-refractivity contribution is 5.79. The highest BCUT2D eigenvalue weighted by Crippen LogP contribution is 2.24. The molecule has 19 heavy (non-hydrogen) atoms. The molecule has 106 valence electrons. The molecule has 0 saturated carbocycles. The van der Waals surface area contributed by atoms with E-state index in [1.807, 2.05) is 32.0 Å². The summed E-state index contributed by atoms with van der Waals surface area (Å²) in [6.07, 6.45) is 0. The largest absolute Gasteiger partial charge is 0.357 e. The standard InChI is InChI=1S/C15H24FN3/c1-6-17-14(19(4)5)18-11-15(2,3)12-8-7-9-13(16)10-12/h7-10H,6,11H2,1-5H3,(H,17,18). The Morgan fingerprint density at radius 2 is 2.05 bits per heavy atom. The van der Waals surface area contributed by atoms with Gasteiger partial charge in [-0.2, -0.15) is 0 Å². The first-order valence-corrected chi connectivity index (χ1v) is 6.58. The van der Waals surface area contributed by atoms with E-state index in [0.29, 0.717) is 6.54 Å². The van der Waals surface area contributed by atoms with E-state index in [1.165, 1.54) is 6.07 Å². The van der Waals surface area contributed by atoms with Crippen molar-refractivity contribution >= 4 is 5.96 Å². The van der Waals surface area contributed by atoms with Gasteiger partial charge in [-0.3, -0.25) is 4.99 Å². The second kappa shape index (κ2) is 6.55. The van der Waals surface area contributed by atoms with Crippen LogP contribution in [0.3, 0.4) is 0 Å². The van der Waals surface area contributed by atoms with Gasteiger partial charge < -0.3 is 10.2 Å². The van der Waals surface area contributed by atoms with E-state index in [1.54, 1.807) is 12.1 Å². The number of benzene rings is 1. The summed E-state index contributed by atoms with van der Waals surface area (Å²) < 4.78 is 13.3. The summed E-state index contributed by atoms with van der Waals surface area (Å²) in [5, 5.41) is 3.22. The number of aliphatic imine (C=N–C) groups is 1. The third-order valence-corrected chi connectivity index (χ3v) is 2.99. The van der Waals surface area contributed by atoms with Gasteiger partial charge in [0.05, 0.1) is 6.54 Å². The average Bonchev–Trinajstić information content (AvgIpc) is 2.34. The third kappa shape index (κ3) is 4.54. The van der Waals surface area contributed by atoms with Gasteiger partial charge in [-0.1, -0.05) is 26.0 Å². The normalized spacial score (nSPS) is 12.4. The lowest BCUT2D eigenvalue weighted by atomic mass is 9.85. The Hall–Kier alpha value is -1.58. The molecule has 0 saturated heterocycles. The molecule has 0 aliphatic carbocycles. The first kappa shape index (κ1) is 15.5. The van der Waals surface area contributed by atoms with Crippen molar-refractivity contribution in [3.8, 4) is 0 Å². The van der Waals surface area contributed by atoms with Crippen LogP contribution in [0.2, 0.25) is 0 Å². The maximum Gasteiger partial charge on any atom is 0.193 e. The van der Waals surface area contributed by atoms with Crippen LogP contribution in [0.4, 0.5) is 4.39 Å². The fourth-order valence-electron chi connectivity index (χ4n) is 1.79. The van der Waals surface area contributed by atoms with Gasteiger partial charge in [0.2, 0.25) is 0 Å². The van der Waals surface area contributed by atoms with Crippen molar-refractivity contribution in [1.82, 2.24) is 10.2 Å². The van der Waals surface area contributed by atoms with Crippen LogP contribution >= 0.6 is 0 Å². The molecule has 0 unspecified atom stereocenters. The molecule has 3 nitrogen and oxygen atoms in total. The van der Waals surface area contributed by atoms with Crippen LogP contribution in [-0.2, 0) is 5.41 Å². The maximum absolute atomic E-state index is 13.3. The number of hydrogen-bond acceptors (Lipinski definition) is 1. The average molecular weight is 265 g/mol. The summed E-state index contributed by atoms with van der Waals surface area (Å²) in [4.78, 5) is 6.55. The predicted octanol–water partition coefficient (Wildman–Crippen LogP) is 2.63. The molecule has 1 aromatic carbocycles. The molecule has 0 aromatic heterocycles. The van der Waals surface area contributed by atoms with Gasteiger partial charge in [0, 0.05) is 26.1 Å². The van der Waals surface area contributed by atoms with Crippen LogP contribution in [0.1, 0.15) is 26.3 Å². The van der Waals surface area contributed by atoms with Crippen molar-refractivity contribution in [3.63, 3.8) is 0 Å². The smallest absolute Gasteiger partial charge is 0.193 e. The first-order valence-electron chi connectivity index (χ1n) is 6.58. The zero-order valence-electron chi connectivity index (χ0n) is 12.5. The first-order chi connectivity index (χ1) is 8.86. The van der Waals surface area contributed by atoms with Crippen LogP contribution in [0.15, 0.2) is 29.3 Å². The van der Waals surface area contributed by atoms with Gasteiger partial charge in [0.1, 0.15) is 5.82 Å². The maximum atomic E-state index is 13.3. The van der Waals surface area contributed by atoms with Crippen LogP contribution in [0, 0.1) is 5.82 Å². The minimum absolute atomic E-state index is 0.196. The minimum atomic E-state index is -0.200. The zero-order chi connectivity index (χ0) is 14.5. The fraction of sp³-hybridized carbons (Fsp3) is 0.533. The second-order valence-electron chi connectivity index (χ2n) is 5.46. The molecular formula is C15H24FN3. The molecule has 0 spiro atoms. The highest BCUT2D eigenvalue weighted by atomic mass is 19.1. The summed E-state index contributed by atoms with van der Waals surface area (Å²) in [6, 6.07) is 6.74. The van der Waals surface area contributed by atoms with Crippen molar-refractivity contribution in [1.29, 1.82) is 0 Å². The third-order valence-electron chi connectivity index (χ3n) is 2.99. The molecular weight excluding hydrogens is 241 g/mol.